The molecule has 0 bridgehead atoms. The summed E-state index contributed by atoms with van der Waals surface area (Å²) >= 11 is 0. The van der Waals surface area contributed by atoms with E-state index in [9.17, 15) is 4.79 Å². The predicted octanol–water partition coefficient (Wildman–Crippen LogP) is 1.70. The molecule has 3 rings (SSSR count). The van der Waals surface area contributed by atoms with Crippen molar-refractivity contribution >= 4 is 11.6 Å². The van der Waals surface area contributed by atoms with Crippen LogP contribution in [0.4, 0.5) is 5.69 Å². The van der Waals surface area contributed by atoms with Gasteiger partial charge in [-0.1, -0.05) is 26.0 Å². The van der Waals surface area contributed by atoms with E-state index in [1.807, 2.05) is 4.90 Å². The van der Waals surface area contributed by atoms with Crippen LogP contribution in [0.25, 0.3) is 0 Å². The number of carbonyl (C=O) groups is 1. The maximum Gasteiger partial charge on any atom is 0.236 e. The van der Waals surface area contributed by atoms with Crippen molar-refractivity contribution in [1.82, 2.24) is 9.80 Å². The minimum atomic E-state index is 0.0857. The molecule has 1 atom stereocenters. The van der Waals surface area contributed by atoms with Crippen molar-refractivity contribution in [2.45, 2.75) is 33.2 Å². The first kappa shape index (κ1) is 18.2. The Morgan fingerprint density at radius 1 is 1.20 bits per heavy atom. The first-order chi connectivity index (χ1) is 11.8. The molecule has 2 fully saturated rings. The molecular formula is C20H32N4O. The molecule has 2 aliphatic rings. The Bertz CT molecular complexity index is 607. The lowest BCUT2D eigenvalue weighted by molar-refractivity contribution is -0.133. The van der Waals surface area contributed by atoms with E-state index in [4.69, 9.17) is 5.73 Å². The highest BCUT2D eigenvalue weighted by molar-refractivity contribution is 5.78. The van der Waals surface area contributed by atoms with E-state index in [1.54, 1.807) is 0 Å². The van der Waals surface area contributed by atoms with Crippen LogP contribution >= 0.6 is 0 Å². The Kier molecular flexibility index (Phi) is 5.35. The molecule has 2 N–H and O–H groups in total. The third kappa shape index (κ3) is 4.33. The maximum absolute atomic E-state index is 12.7. The Morgan fingerprint density at radius 3 is 2.56 bits per heavy atom. The maximum atomic E-state index is 12.7. The number of hydrogen-bond donors (Lipinski definition) is 1. The first-order valence-corrected chi connectivity index (χ1v) is 9.42. The summed E-state index contributed by atoms with van der Waals surface area (Å²) in [6.07, 6.45) is 0.974. The van der Waals surface area contributed by atoms with E-state index < -0.39 is 0 Å². The summed E-state index contributed by atoms with van der Waals surface area (Å²) < 4.78 is 0. The Balaban J connectivity index is 1.50. The van der Waals surface area contributed by atoms with Gasteiger partial charge in [-0.05, 0) is 36.5 Å². The van der Waals surface area contributed by atoms with Gasteiger partial charge in [-0.15, -0.1) is 0 Å². The molecule has 25 heavy (non-hydrogen) atoms. The highest BCUT2D eigenvalue weighted by Gasteiger charge is 2.34. The SMILES string of the molecule is Cc1cccc(N2CCN(C(=O)CN3CCC(N)C(C)(C)C3)CC2)c1. The van der Waals surface area contributed by atoms with Crippen molar-refractivity contribution in [3.8, 4) is 0 Å². The third-order valence-electron chi connectivity index (χ3n) is 5.75. The van der Waals surface area contributed by atoms with Crippen molar-refractivity contribution in [3.05, 3.63) is 29.8 Å². The van der Waals surface area contributed by atoms with Gasteiger partial charge in [0.05, 0.1) is 6.54 Å². The van der Waals surface area contributed by atoms with Gasteiger partial charge < -0.3 is 15.5 Å². The number of anilines is 1. The monoisotopic (exact) mass is 344 g/mol. The lowest BCUT2D eigenvalue weighted by atomic mass is 9.80. The van der Waals surface area contributed by atoms with Gasteiger partial charge in [-0.2, -0.15) is 0 Å². The summed E-state index contributed by atoms with van der Waals surface area (Å²) in [5, 5.41) is 0. The number of carbonyl (C=O) groups excluding carboxylic acids is 1. The van der Waals surface area contributed by atoms with Crippen LogP contribution in [0.5, 0.6) is 0 Å². The number of likely N-dealkylation sites (tertiary alicyclic amines) is 1. The Morgan fingerprint density at radius 2 is 1.92 bits per heavy atom. The smallest absolute Gasteiger partial charge is 0.236 e. The van der Waals surface area contributed by atoms with Crippen LogP contribution in [0.15, 0.2) is 24.3 Å². The zero-order valence-electron chi connectivity index (χ0n) is 15.9. The summed E-state index contributed by atoms with van der Waals surface area (Å²) in [4.78, 5) is 19.4. The quantitative estimate of drug-likeness (QED) is 0.907. The summed E-state index contributed by atoms with van der Waals surface area (Å²) in [6.45, 7) is 12.3. The van der Waals surface area contributed by atoms with Gasteiger partial charge >= 0.3 is 0 Å². The summed E-state index contributed by atoms with van der Waals surface area (Å²) in [5.41, 5.74) is 8.83. The Labute approximate surface area is 151 Å². The number of piperazine rings is 1. The second-order valence-electron chi connectivity index (χ2n) is 8.30. The number of piperidine rings is 1. The molecule has 1 unspecified atom stereocenters. The zero-order valence-corrected chi connectivity index (χ0v) is 15.9. The molecule has 2 saturated heterocycles. The van der Waals surface area contributed by atoms with E-state index in [1.165, 1.54) is 11.3 Å². The molecule has 0 aromatic heterocycles. The lowest BCUT2D eigenvalue weighted by Gasteiger charge is -2.43. The number of rotatable bonds is 3. The standard InChI is InChI=1S/C20H32N4O/c1-16-5-4-6-17(13-16)23-9-11-24(12-10-23)19(25)14-22-8-7-18(21)20(2,3)15-22/h4-6,13,18H,7-12,14-15,21H2,1-3H3. The molecule has 0 radical (unpaired) electrons. The predicted molar refractivity (Wildman–Crippen MR) is 103 cm³/mol. The average molecular weight is 345 g/mol. The van der Waals surface area contributed by atoms with Crippen LogP contribution in [-0.2, 0) is 4.79 Å². The van der Waals surface area contributed by atoms with Crippen molar-refractivity contribution in [2.24, 2.45) is 11.1 Å². The largest absolute Gasteiger partial charge is 0.368 e. The number of benzene rings is 1. The first-order valence-electron chi connectivity index (χ1n) is 9.42. The number of amides is 1. The van der Waals surface area contributed by atoms with E-state index in [0.717, 1.165) is 45.7 Å². The Hall–Kier alpha value is -1.59. The fraction of sp³-hybridized carbons (Fsp3) is 0.650. The number of nitrogens with zero attached hydrogens (tertiary/aromatic N) is 3. The van der Waals surface area contributed by atoms with Gasteiger partial charge in [0.15, 0.2) is 0 Å². The second kappa shape index (κ2) is 7.34. The molecule has 138 valence electrons. The van der Waals surface area contributed by atoms with Gasteiger partial charge in [-0.25, -0.2) is 0 Å². The lowest BCUT2D eigenvalue weighted by Crippen LogP contribution is -2.56. The van der Waals surface area contributed by atoms with Crippen LogP contribution in [0.1, 0.15) is 25.8 Å². The minimum absolute atomic E-state index is 0.0857. The summed E-state index contributed by atoms with van der Waals surface area (Å²) in [7, 11) is 0. The molecule has 1 aromatic carbocycles. The van der Waals surface area contributed by atoms with Crippen LogP contribution in [0.3, 0.4) is 0 Å². The molecule has 2 aliphatic heterocycles. The van der Waals surface area contributed by atoms with E-state index in [2.05, 4.69) is 54.8 Å². The van der Waals surface area contributed by atoms with E-state index in [0.29, 0.717) is 6.54 Å². The molecule has 2 heterocycles. The fourth-order valence-electron chi connectivity index (χ4n) is 3.95. The van der Waals surface area contributed by atoms with Gasteiger partial charge in [0.1, 0.15) is 0 Å². The molecule has 0 aliphatic carbocycles. The normalized spacial score (nSPS) is 24.4. The molecule has 1 aromatic rings. The van der Waals surface area contributed by atoms with Crippen LogP contribution in [0.2, 0.25) is 0 Å². The topological polar surface area (TPSA) is 52.8 Å². The zero-order chi connectivity index (χ0) is 18.0. The average Bonchev–Trinajstić information content (AvgIpc) is 2.58. The minimum Gasteiger partial charge on any atom is -0.368 e. The molecule has 0 saturated carbocycles. The second-order valence-corrected chi connectivity index (χ2v) is 8.30. The molecular weight excluding hydrogens is 312 g/mol. The van der Waals surface area contributed by atoms with Crippen LogP contribution in [-0.4, -0.2) is 67.6 Å². The van der Waals surface area contributed by atoms with Gasteiger partial charge in [-0.3, -0.25) is 9.69 Å². The highest BCUT2D eigenvalue weighted by Crippen LogP contribution is 2.27. The fourth-order valence-corrected chi connectivity index (χ4v) is 3.95. The summed E-state index contributed by atoms with van der Waals surface area (Å²) in [6, 6.07) is 8.83. The van der Waals surface area contributed by atoms with Crippen molar-refractivity contribution in [2.75, 3.05) is 50.7 Å². The van der Waals surface area contributed by atoms with Crippen molar-refractivity contribution < 1.29 is 4.79 Å². The molecule has 1 amide bonds. The molecule has 5 heteroatoms. The number of hydrogen-bond acceptors (Lipinski definition) is 4. The summed E-state index contributed by atoms with van der Waals surface area (Å²) in [5.74, 6) is 0.259. The van der Waals surface area contributed by atoms with E-state index >= 15 is 0 Å². The number of nitrogens with two attached hydrogens (primary N) is 1. The van der Waals surface area contributed by atoms with E-state index in [-0.39, 0.29) is 17.4 Å². The van der Waals surface area contributed by atoms with Crippen molar-refractivity contribution in [3.63, 3.8) is 0 Å². The van der Waals surface area contributed by atoms with Gasteiger partial charge in [0.2, 0.25) is 5.91 Å². The molecule has 0 spiro atoms. The van der Waals surface area contributed by atoms with Gasteiger partial charge in [0, 0.05) is 51.0 Å². The van der Waals surface area contributed by atoms with Crippen molar-refractivity contribution in [1.29, 1.82) is 0 Å². The van der Waals surface area contributed by atoms with Crippen LogP contribution < -0.4 is 10.6 Å². The van der Waals surface area contributed by atoms with Gasteiger partial charge in [0.25, 0.3) is 0 Å². The molecule has 5 nitrogen and oxygen atoms in total. The highest BCUT2D eigenvalue weighted by atomic mass is 16.2. The third-order valence-corrected chi connectivity index (χ3v) is 5.75. The van der Waals surface area contributed by atoms with Crippen LogP contribution in [0, 0.1) is 12.3 Å². The number of aryl methyl sites for hydroxylation is 1.